The molecule has 0 aliphatic carbocycles. The Morgan fingerprint density at radius 3 is 2.42 bits per heavy atom. The molecule has 0 spiro atoms. The highest BCUT2D eigenvalue weighted by Gasteiger charge is 2.17. The van der Waals surface area contributed by atoms with Crippen LogP contribution in [0.15, 0.2) is 66.9 Å². The van der Waals surface area contributed by atoms with E-state index in [9.17, 15) is 0 Å². The van der Waals surface area contributed by atoms with Crippen molar-refractivity contribution in [2.24, 2.45) is 0 Å². The second-order valence-electron chi connectivity index (χ2n) is 6.77. The third-order valence-corrected chi connectivity index (χ3v) is 5.15. The summed E-state index contributed by atoms with van der Waals surface area (Å²) >= 11 is 0. The Balaban J connectivity index is 1.46. The Hall–Kier alpha value is -2.32. The highest BCUT2D eigenvalue weighted by atomic mass is 15.1. The SMILES string of the molecule is Cc1c(CN2CCc3ccccc3C2)ccn1Cc1ccccc1. The molecule has 2 heterocycles. The third kappa shape index (κ3) is 3.15. The summed E-state index contributed by atoms with van der Waals surface area (Å²) in [6, 6.07) is 21.8. The zero-order valence-corrected chi connectivity index (χ0v) is 14.3. The number of hydrogen-bond donors (Lipinski definition) is 0. The lowest BCUT2D eigenvalue weighted by molar-refractivity contribution is 0.245. The van der Waals surface area contributed by atoms with E-state index in [-0.39, 0.29) is 0 Å². The van der Waals surface area contributed by atoms with E-state index in [1.54, 1.807) is 0 Å². The Labute approximate surface area is 144 Å². The molecular weight excluding hydrogens is 292 g/mol. The largest absolute Gasteiger partial charge is 0.347 e. The van der Waals surface area contributed by atoms with Crippen molar-refractivity contribution in [3.05, 3.63) is 94.8 Å². The Morgan fingerprint density at radius 2 is 1.58 bits per heavy atom. The molecule has 0 saturated carbocycles. The highest BCUT2D eigenvalue weighted by molar-refractivity contribution is 5.30. The maximum atomic E-state index is 2.57. The van der Waals surface area contributed by atoms with Gasteiger partial charge in [-0.1, -0.05) is 54.6 Å². The molecule has 0 fully saturated rings. The van der Waals surface area contributed by atoms with Crippen LogP contribution in [-0.2, 0) is 26.1 Å². The molecule has 0 radical (unpaired) electrons. The third-order valence-electron chi connectivity index (χ3n) is 5.15. The number of benzene rings is 2. The predicted molar refractivity (Wildman–Crippen MR) is 99.0 cm³/mol. The first-order chi connectivity index (χ1) is 11.8. The number of hydrogen-bond acceptors (Lipinski definition) is 1. The Kier molecular flexibility index (Phi) is 4.22. The van der Waals surface area contributed by atoms with Crippen molar-refractivity contribution in [1.82, 2.24) is 9.47 Å². The van der Waals surface area contributed by atoms with E-state index < -0.39 is 0 Å². The molecule has 3 aromatic rings. The molecule has 2 aromatic carbocycles. The average Bonchev–Trinajstić information content (AvgIpc) is 2.96. The van der Waals surface area contributed by atoms with Gasteiger partial charge < -0.3 is 4.57 Å². The number of aromatic nitrogens is 1. The summed E-state index contributed by atoms with van der Waals surface area (Å²) < 4.78 is 2.36. The van der Waals surface area contributed by atoms with E-state index in [1.807, 2.05) is 0 Å². The topological polar surface area (TPSA) is 8.17 Å². The number of nitrogens with zero attached hydrogens (tertiary/aromatic N) is 2. The maximum absolute atomic E-state index is 2.57. The summed E-state index contributed by atoms with van der Waals surface area (Å²) in [5, 5.41) is 0. The minimum atomic E-state index is 0.954. The molecule has 0 saturated heterocycles. The fourth-order valence-corrected chi connectivity index (χ4v) is 3.65. The lowest BCUT2D eigenvalue weighted by Crippen LogP contribution is -2.30. The summed E-state index contributed by atoms with van der Waals surface area (Å²) in [6.07, 6.45) is 3.40. The number of rotatable bonds is 4. The molecule has 0 unspecified atom stereocenters. The van der Waals surface area contributed by atoms with Crippen LogP contribution in [0, 0.1) is 6.92 Å². The van der Waals surface area contributed by atoms with Crippen molar-refractivity contribution in [2.75, 3.05) is 6.54 Å². The molecule has 0 amide bonds. The van der Waals surface area contributed by atoms with E-state index >= 15 is 0 Å². The van der Waals surface area contributed by atoms with Crippen molar-refractivity contribution in [1.29, 1.82) is 0 Å². The van der Waals surface area contributed by atoms with Crippen molar-refractivity contribution in [3.8, 4) is 0 Å². The summed E-state index contributed by atoms with van der Waals surface area (Å²) in [4.78, 5) is 2.57. The molecule has 0 atom stereocenters. The van der Waals surface area contributed by atoms with Crippen LogP contribution in [0.1, 0.15) is 27.9 Å². The summed E-state index contributed by atoms with van der Waals surface area (Å²) in [6.45, 7) is 6.47. The molecule has 0 N–H and O–H groups in total. The van der Waals surface area contributed by atoms with Crippen molar-refractivity contribution >= 4 is 0 Å². The maximum Gasteiger partial charge on any atom is 0.0472 e. The molecule has 122 valence electrons. The van der Waals surface area contributed by atoms with E-state index in [2.05, 4.69) is 83.3 Å². The summed E-state index contributed by atoms with van der Waals surface area (Å²) in [5.74, 6) is 0. The summed E-state index contributed by atoms with van der Waals surface area (Å²) in [5.41, 5.74) is 7.20. The Bertz CT molecular complexity index is 817. The molecule has 4 rings (SSSR count). The quantitative estimate of drug-likeness (QED) is 0.692. The standard InChI is InChI=1S/C22H24N2/c1-18-21(12-14-24(18)15-19-7-3-2-4-8-19)16-23-13-11-20-9-5-6-10-22(20)17-23/h2-10,12,14H,11,13,15-17H2,1H3. The lowest BCUT2D eigenvalue weighted by Gasteiger charge is -2.28. The smallest absolute Gasteiger partial charge is 0.0472 e. The average molecular weight is 316 g/mol. The van der Waals surface area contributed by atoms with Crippen LogP contribution in [0.4, 0.5) is 0 Å². The van der Waals surface area contributed by atoms with Gasteiger partial charge in [0.15, 0.2) is 0 Å². The van der Waals surface area contributed by atoms with Gasteiger partial charge in [-0.25, -0.2) is 0 Å². The molecule has 1 aliphatic heterocycles. The minimum Gasteiger partial charge on any atom is -0.347 e. The van der Waals surface area contributed by atoms with Crippen molar-refractivity contribution in [3.63, 3.8) is 0 Å². The fourth-order valence-electron chi connectivity index (χ4n) is 3.65. The first-order valence-corrected chi connectivity index (χ1v) is 8.77. The van der Waals surface area contributed by atoms with Crippen molar-refractivity contribution in [2.45, 2.75) is 33.0 Å². The minimum absolute atomic E-state index is 0.954. The van der Waals surface area contributed by atoms with Gasteiger partial charge in [-0.3, -0.25) is 4.90 Å². The molecule has 24 heavy (non-hydrogen) atoms. The fraction of sp³-hybridized carbons (Fsp3) is 0.273. The van der Waals surface area contributed by atoms with Crippen molar-refractivity contribution < 1.29 is 0 Å². The van der Waals surface area contributed by atoms with Gasteiger partial charge >= 0.3 is 0 Å². The lowest BCUT2D eigenvalue weighted by atomic mass is 9.99. The van der Waals surface area contributed by atoms with Crippen LogP contribution >= 0.6 is 0 Å². The monoisotopic (exact) mass is 316 g/mol. The van der Waals surface area contributed by atoms with E-state index in [0.717, 1.165) is 26.2 Å². The van der Waals surface area contributed by atoms with Crippen LogP contribution in [0.2, 0.25) is 0 Å². The van der Waals surface area contributed by atoms with Crippen LogP contribution in [0.5, 0.6) is 0 Å². The van der Waals surface area contributed by atoms with Gasteiger partial charge in [-0.15, -0.1) is 0 Å². The van der Waals surface area contributed by atoms with Gasteiger partial charge in [-0.2, -0.15) is 0 Å². The van der Waals surface area contributed by atoms with E-state index in [0.29, 0.717) is 0 Å². The highest BCUT2D eigenvalue weighted by Crippen LogP contribution is 2.22. The van der Waals surface area contributed by atoms with Crippen LogP contribution in [0.25, 0.3) is 0 Å². The van der Waals surface area contributed by atoms with Crippen LogP contribution in [0.3, 0.4) is 0 Å². The molecule has 0 bridgehead atoms. The zero-order chi connectivity index (χ0) is 16.4. The normalized spacial score (nSPS) is 14.5. The van der Waals surface area contributed by atoms with Gasteiger partial charge in [0.05, 0.1) is 0 Å². The summed E-state index contributed by atoms with van der Waals surface area (Å²) in [7, 11) is 0. The van der Waals surface area contributed by atoms with E-state index in [1.165, 1.54) is 34.4 Å². The molecule has 2 nitrogen and oxygen atoms in total. The second kappa shape index (κ2) is 6.66. The molecule has 2 heteroatoms. The van der Waals surface area contributed by atoms with E-state index in [4.69, 9.17) is 0 Å². The molecular formula is C22H24N2. The molecule has 1 aromatic heterocycles. The van der Waals surface area contributed by atoms with Crippen LogP contribution < -0.4 is 0 Å². The number of fused-ring (bicyclic) bond motifs is 1. The van der Waals surface area contributed by atoms with Crippen LogP contribution in [-0.4, -0.2) is 16.0 Å². The van der Waals surface area contributed by atoms with Gasteiger partial charge in [0.2, 0.25) is 0 Å². The van der Waals surface area contributed by atoms with Gasteiger partial charge in [-0.05, 0) is 41.7 Å². The first kappa shape index (κ1) is 15.2. The first-order valence-electron chi connectivity index (χ1n) is 8.77. The second-order valence-corrected chi connectivity index (χ2v) is 6.77. The van der Waals surface area contributed by atoms with Gasteiger partial charge in [0, 0.05) is 38.1 Å². The van der Waals surface area contributed by atoms with Gasteiger partial charge in [0.25, 0.3) is 0 Å². The zero-order valence-electron chi connectivity index (χ0n) is 14.3. The Morgan fingerprint density at radius 1 is 0.833 bits per heavy atom. The predicted octanol–water partition coefficient (Wildman–Crippen LogP) is 4.40. The molecule has 1 aliphatic rings. The van der Waals surface area contributed by atoms with Gasteiger partial charge in [0.1, 0.15) is 0 Å².